The van der Waals surface area contributed by atoms with Crippen LogP contribution in [0.5, 0.6) is 0 Å². The van der Waals surface area contributed by atoms with E-state index in [-0.39, 0.29) is 30.3 Å². The first-order valence-electron chi connectivity index (χ1n) is 12.4. The molecule has 0 spiro atoms. The number of carbonyl (C=O) groups excluding carboxylic acids is 2. The normalized spacial score (nSPS) is 18.9. The van der Waals surface area contributed by atoms with Crippen LogP contribution in [-0.2, 0) is 19.1 Å². The summed E-state index contributed by atoms with van der Waals surface area (Å²) in [4.78, 5) is 21.3. The molecule has 1 fully saturated rings. The number of imide groups is 1. The van der Waals surface area contributed by atoms with Crippen molar-refractivity contribution in [3.05, 3.63) is 48.0 Å². The summed E-state index contributed by atoms with van der Waals surface area (Å²) in [6, 6.07) is 15.3. The van der Waals surface area contributed by atoms with Crippen molar-refractivity contribution in [2.45, 2.75) is 66.4 Å². The number of hydrogen-bond acceptors (Lipinski definition) is 5. The van der Waals surface area contributed by atoms with Crippen molar-refractivity contribution in [1.29, 1.82) is 0 Å². The maximum Gasteiger partial charge on any atom is 0.230 e. The molecule has 2 N–H and O–H groups in total. The average molecular weight is 474 g/mol. The van der Waals surface area contributed by atoms with Gasteiger partial charge in [-0.25, -0.2) is 0 Å². The summed E-state index contributed by atoms with van der Waals surface area (Å²) in [5, 5.41) is 13.3. The van der Waals surface area contributed by atoms with E-state index < -0.39 is 0 Å². The van der Waals surface area contributed by atoms with Crippen molar-refractivity contribution < 1.29 is 24.2 Å². The highest BCUT2D eigenvalue weighted by molar-refractivity contribution is 6.04. The molecule has 2 aromatic carbocycles. The fourth-order valence-electron chi connectivity index (χ4n) is 3.15. The molecule has 1 heterocycles. The van der Waals surface area contributed by atoms with Gasteiger partial charge in [0.15, 0.2) is 0 Å². The second-order valence-electron chi connectivity index (χ2n) is 8.77. The van der Waals surface area contributed by atoms with Gasteiger partial charge in [-0.3, -0.25) is 14.9 Å². The predicted octanol–water partition coefficient (Wildman–Crippen LogP) is 5.08. The number of rotatable bonds is 9. The Morgan fingerprint density at radius 1 is 0.882 bits per heavy atom. The summed E-state index contributed by atoms with van der Waals surface area (Å²) >= 11 is 0. The van der Waals surface area contributed by atoms with Crippen molar-refractivity contribution in [1.82, 2.24) is 5.32 Å². The Morgan fingerprint density at radius 2 is 1.50 bits per heavy atom. The van der Waals surface area contributed by atoms with E-state index in [9.17, 15) is 9.59 Å². The monoisotopic (exact) mass is 473 g/mol. The molecule has 2 aromatic rings. The Hall–Kier alpha value is -2.28. The average Bonchev–Trinajstić information content (AvgIpc) is 3.08. The molecule has 1 saturated heterocycles. The van der Waals surface area contributed by atoms with Gasteiger partial charge in [0.25, 0.3) is 0 Å². The van der Waals surface area contributed by atoms with Crippen LogP contribution >= 0.6 is 0 Å². The minimum absolute atomic E-state index is 0.0866. The van der Waals surface area contributed by atoms with Gasteiger partial charge in [-0.2, -0.15) is 0 Å². The summed E-state index contributed by atoms with van der Waals surface area (Å²) in [7, 11) is 0. The first-order chi connectivity index (χ1) is 16.2. The zero-order valence-corrected chi connectivity index (χ0v) is 21.7. The Labute approximate surface area is 205 Å². The molecule has 0 radical (unpaired) electrons. The Balaban J connectivity index is 0.000000263. The molecule has 4 atom stereocenters. The first kappa shape index (κ1) is 29.8. The molecule has 0 aliphatic carbocycles. The van der Waals surface area contributed by atoms with E-state index in [1.54, 1.807) is 13.8 Å². The Bertz CT molecular complexity index is 851. The van der Waals surface area contributed by atoms with Crippen molar-refractivity contribution >= 4 is 22.6 Å². The summed E-state index contributed by atoms with van der Waals surface area (Å²) in [6.45, 7) is 13.8. The lowest BCUT2D eigenvalue weighted by molar-refractivity contribution is -0.126. The van der Waals surface area contributed by atoms with Gasteiger partial charge in [-0.05, 0) is 42.0 Å². The molecule has 0 aromatic heterocycles. The molecule has 3 rings (SSSR count). The number of amides is 2. The molecule has 0 saturated carbocycles. The van der Waals surface area contributed by atoms with E-state index in [2.05, 4.69) is 68.6 Å². The van der Waals surface area contributed by atoms with Crippen LogP contribution in [0.2, 0.25) is 0 Å². The van der Waals surface area contributed by atoms with E-state index in [1.165, 1.54) is 22.8 Å². The molecule has 1 aliphatic heterocycles. The molecule has 6 nitrogen and oxygen atoms in total. The Morgan fingerprint density at radius 3 is 2.00 bits per heavy atom. The predicted molar refractivity (Wildman–Crippen MR) is 138 cm³/mol. The smallest absolute Gasteiger partial charge is 0.230 e. The SMILES string of the molecule is CC1C(=O)NC(=O)C1C.CCC(C)OCCOCCO.CCC(C)c1ccc2ccccc2c1. The number of carbonyl (C=O) groups is 2. The molecule has 0 bridgehead atoms. The zero-order valence-electron chi connectivity index (χ0n) is 21.7. The lowest BCUT2D eigenvalue weighted by Gasteiger charge is -2.09. The number of fused-ring (bicyclic) bond motifs is 1. The van der Waals surface area contributed by atoms with Crippen molar-refractivity contribution in [2.75, 3.05) is 26.4 Å². The third-order valence-electron chi connectivity index (χ3n) is 6.22. The highest BCUT2D eigenvalue weighted by atomic mass is 16.5. The molecule has 6 heteroatoms. The lowest BCUT2D eigenvalue weighted by Crippen LogP contribution is -2.21. The molecule has 4 unspecified atom stereocenters. The number of hydrogen-bond donors (Lipinski definition) is 2. The molecule has 1 aliphatic rings. The standard InChI is InChI=1S/C14H16.C8H18O3.C6H9NO2/c1-3-11(2)13-9-8-12-6-4-5-7-14(12)10-13;1-3-8(2)11-7-6-10-5-4-9;1-3-4(2)6(9)7-5(3)8/h4-11H,3H2,1-2H3;8-9H,3-7H2,1-2H3;3-4H,1-2H3,(H,7,8,9). The van der Waals surface area contributed by atoms with E-state index in [4.69, 9.17) is 14.6 Å². The maximum absolute atomic E-state index is 10.7. The lowest BCUT2D eigenvalue weighted by atomic mass is 9.96. The van der Waals surface area contributed by atoms with Crippen LogP contribution in [-0.4, -0.2) is 49.5 Å². The minimum Gasteiger partial charge on any atom is -0.394 e. The van der Waals surface area contributed by atoms with Crippen LogP contribution in [0.3, 0.4) is 0 Å². The highest BCUT2D eigenvalue weighted by Crippen LogP contribution is 2.23. The van der Waals surface area contributed by atoms with Crippen LogP contribution in [0.25, 0.3) is 10.8 Å². The third kappa shape index (κ3) is 10.3. The topological polar surface area (TPSA) is 84.9 Å². The number of ether oxygens (including phenoxy) is 2. The summed E-state index contributed by atoms with van der Waals surface area (Å²) < 4.78 is 10.3. The number of benzene rings is 2. The van der Waals surface area contributed by atoms with Gasteiger partial charge in [0.1, 0.15) is 0 Å². The molecular weight excluding hydrogens is 430 g/mol. The summed E-state index contributed by atoms with van der Waals surface area (Å²) in [5.74, 6) is 0.0922. The molecular formula is C28H43NO5. The number of nitrogens with one attached hydrogen (secondary N) is 1. The van der Waals surface area contributed by atoms with E-state index >= 15 is 0 Å². The van der Waals surface area contributed by atoms with E-state index in [1.807, 2.05) is 6.92 Å². The number of aliphatic hydroxyl groups excluding tert-OH is 1. The van der Waals surface area contributed by atoms with Crippen LogP contribution in [0, 0.1) is 11.8 Å². The van der Waals surface area contributed by atoms with Crippen LogP contribution < -0.4 is 5.32 Å². The second-order valence-corrected chi connectivity index (χ2v) is 8.77. The quantitative estimate of drug-likeness (QED) is 0.392. The minimum atomic E-state index is -0.146. The van der Waals surface area contributed by atoms with Crippen LogP contribution in [0.4, 0.5) is 0 Å². The van der Waals surface area contributed by atoms with Gasteiger partial charge in [-0.15, -0.1) is 0 Å². The van der Waals surface area contributed by atoms with Crippen molar-refractivity contribution in [2.24, 2.45) is 11.8 Å². The highest BCUT2D eigenvalue weighted by Gasteiger charge is 2.34. The van der Waals surface area contributed by atoms with Gasteiger partial charge in [-0.1, -0.05) is 77.1 Å². The van der Waals surface area contributed by atoms with Gasteiger partial charge in [0, 0.05) is 11.8 Å². The summed E-state index contributed by atoms with van der Waals surface area (Å²) in [5.41, 5.74) is 1.45. The van der Waals surface area contributed by atoms with E-state index in [0.29, 0.717) is 31.8 Å². The van der Waals surface area contributed by atoms with Gasteiger partial charge >= 0.3 is 0 Å². The van der Waals surface area contributed by atoms with Gasteiger partial charge in [0.2, 0.25) is 11.8 Å². The molecule has 190 valence electrons. The van der Waals surface area contributed by atoms with Crippen molar-refractivity contribution in [3.63, 3.8) is 0 Å². The third-order valence-corrected chi connectivity index (χ3v) is 6.22. The largest absolute Gasteiger partial charge is 0.394 e. The fraction of sp³-hybridized carbons (Fsp3) is 0.571. The molecule has 34 heavy (non-hydrogen) atoms. The van der Waals surface area contributed by atoms with Crippen molar-refractivity contribution in [3.8, 4) is 0 Å². The fourth-order valence-corrected chi connectivity index (χ4v) is 3.15. The Kier molecular flexibility index (Phi) is 14.3. The first-order valence-corrected chi connectivity index (χ1v) is 12.4. The number of aliphatic hydroxyl groups is 1. The second kappa shape index (κ2) is 16.4. The maximum atomic E-state index is 10.7. The van der Waals surface area contributed by atoms with Gasteiger partial charge in [0.05, 0.1) is 32.5 Å². The molecule has 2 amide bonds. The zero-order chi connectivity index (χ0) is 25.5. The van der Waals surface area contributed by atoms with E-state index in [0.717, 1.165) is 6.42 Å². The summed E-state index contributed by atoms with van der Waals surface area (Å²) in [6.07, 6.45) is 2.55. The van der Waals surface area contributed by atoms with Crippen LogP contribution in [0.15, 0.2) is 42.5 Å². The van der Waals surface area contributed by atoms with Gasteiger partial charge < -0.3 is 14.6 Å². The van der Waals surface area contributed by atoms with Crippen LogP contribution in [0.1, 0.15) is 65.9 Å².